The van der Waals surface area contributed by atoms with Crippen molar-refractivity contribution in [2.45, 2.75) is 95.9 Å². The average Bonchev–Trinajstić information content (AvgIpc) is 3.57. The zero-order valence-corrected chi connectivity index (χ0v) is 26.0. The summed E-state index contributed by atoms with van der Waals surface area (Å²) >= 11 is 0. The molecule has 2 bridgehead atoms. The number of nitrogens with one attached hydrogen (secondary N) is 2. The molecule has 10 heteroatoms. The van der Waals surface area contributed by atoms with Crippen LogP contribution < -0.4 is 16.2 Å². The van der Waals surface area contributed by atoms with Crippen molar-refractivity contribution in [3.63, 3.8) is 0 Å². The Labute approximate surface area is 256 Å². The number of halogens is 1. The fourth-order valence-corrected chi connectivity index (χ4v) is 7.54. The van der Waals surface area contributed by atoms with E-state index in [1.165, 1.54) is 13.2 Å². The Morgan fingerprint density at radius 2 is 2.07 bits per heavy atom. The van der Waals surface area contributed by atoms with Crippen LogP contribution in [0.3, 0.4) is 0 Å². The van der Waals surface area contributed by atoms with Gasteiger partial charge in [-0.25, -0.2) is 9.37 Å². The predicted molar refractivity (Wildman–Crippen MR) is 165 cm³/mol. The summed E-state index contributed by atoms with van der Waals surface area (Å²) in [5.74, 6) is -0.918. The fraction of sp³-hybridized carbons (Fsp3) is 0.529. The van der Waals surface area contributed by atoms with Crippen LogP contribution >= 0.6 is 0 Å². The molecule has 4 aliphatic rings. The number of hydrogen-bond acceptors (Lipinski definition) is 7. The van der Waals surface area contributed by atoms with Crippen LogP contribution in [0.2, 0.25) is 0 Å². The van der Waals surface area contributed by atoms with Crippen molar-refractivity contribution in [3.05, 3.63) is 66.9 Å². The first-order chi connectivity index (χ1) is 21.3. The second-order valence-corrected chi connectivity index (χ2v) is 12.5. The summed E-state index contributed by atoms with van der Waals surface area (Å²) in [6.45, 7) is 4.34. The van der Waals surface area contributed by atoms with Crippen LogP contribution in [0.5, 0.6) is 0 Å². The molecule has 44 heavy (non-hydrogen) atoms. The third kappa shape index (κ3) is 4.97. The lowest BCUT2D eigenvalue weighted by Crippen LogP contribution is -2.49. The molecule has 0 aromatic carbocycles. The summed E-state index contributed by atoms with van der Waals surface area (Å²) < 4.78 is 28.7. The van der Waals surface area contributed by atoms with Gasteiger partial charge >= 0.3 is 0 Å². The smallest absolute Gasteiger partial charge is 0.257 e. The second kappa shape index (κ2) is 12.1. The number of amides is 1. The highest BCUT2D eigenvalue weighted by Gasteiger charge is 2.44. The van der Waals surface area contributed by atoms with E-state index in [2.05, 4.69) is 10.6 Å². The minimum Gasteiger partial charge on any atom is -0.380 e. The summed E-state index contributed by atoms with van der Waals surface area (Å²) in [5, 5.41) is 6.37. The van der Waals surface area contributed by atoms with Crippen LogP contribution in [0, 0.1) is 0 Å². The zero-order chi connectivity index (χ0) is 31.2. The first kappa shape index (κ1) is 30.6. The molecule has 234 valence electrons. The van der Waals surface area contributed by atoms with Crippen LogP contribution in [0.4, 0.5) is 4.39 Å². The van der Waals surface area contributed by atoms with Gasteiger partial charge in [0.2, 0.25) is 0 Å². The fourth-order valence-electron chi connectivity index (χ4n) is 7.54. The molecular formula is C34H41FN4O5. The summed E-state index contributed by atoms with van der Waals surface area (Å²) in [6.07, 6.45) is 7.77. The van der Waals surface area contributed by atoms with Crippen LogP contribution in [0.15, 0.2) is 27.8 Å². The molecule has 0 radical (unpaired) electrons. The van der Waals surface area contributed by atoms with Crippen LogP contribution in [-0.4, -0.2) is 48.2 Å². The highest BCUT2D eigenvalue weighted by molar-refractivity contribution is 5.86. The number of carbonyl (C=O) groups is 2. The summed E-state index contributed by atoms with van der Waals surface area (Å²) in [5.41, 5.74) is 5.94. The van der Waals surface area contributed by atoms with Gasteiger partial charge in [-0.15, -0.1) is 0 Å². The van der Waals surface area contributed by atoms with E-state index in [1.807, 2.05) is 13.0 Å². The minimum absolute atomic E-state index is 0.0840. The van der Waals surface area contributed by atoms with E-state index in [9.17, 15) is 14.4 Å². The molecule has 2 aromatic rings. The quantitative estimate of drug-likeness (QED) is 0.254. The number of aromatic nitrogens is 2. The third-order valence-electron chi connectivity index (χ3n) is 10.0. The molecule has 0 spiro atoms. The van der Waals surface area contributed by atoms with Crippen LogP contribution in [0.1, 0.15) is 104 Å². The maximum atomic E-state index is 15.5. The maximum Gasteiger partial charge on any atom is 0.257 e. The van der Waals surface area contributed by atoms with Gasteiger partial charge in [0.05, 0.1) is 43.0 Å². The van der Waals surface area contributed by atoms with Crippen molar-refractivity contribution in [2.24, 2.45) is 0 Å². The molecule has 3 heterocycles. The van der Waals surface area contributed by atoms with Gasteiger partial charge in [-0.3, -0.25) is 14.9 Å². The van der Waals surface area contributed by atoms with E-state index < -0.39 is 11.5 Å². The van der Waals surface area contributed by atoms with Crippen LogP contribution in [-0.2, 0) is 38.6 Å². The van der Waals surface area contributed by atoms with Crippen molar-refractivity contribution in [1.82, 2.24) is 20.2 Å². The van der Waals surface area contributed by atoms with Crippen molar-refractivity contribution in [1.29, 1.82) is 0 Å². The number of nitrogens with zero attached hydrogens (tertiary/aromatic N) is 2. The van der Waals surface area contributed by atoms with Gasteiger partial charge in [-0.05, 0) is 93.7 Å². The summed E-state index contributed by atoms with van der Waals surface area (Å²) in [4.78, 5) is 45.1. The largest absolute Gasteiger partial charge is 0.380 e. The van der Waals surface area contributed by atoms with Gasteiger partial charge in [-0.1, -0.05) is 12.5 Å². The van der Waals surface area contributed by atoms with E-state index in [0.717, 1.165) is 41.4 Å². The van der Waals surface area contributed by atoms with Gasteiger partial charge in [0.15, 0.2) is 0 Å². The van der Waals surface area contributed by atoms with E-state index in [0.29, 0.717) is 72.3 Å². The van der Waals surface area contributed by atoms with Crippen molar-refractivity contribution in [2.75, 3.05) is 20.9 Å². The highest BCUT2D eigenvalue weighted by atomic mass is 19.1. The Morgan fingerprint density at radius 1 is 1.30 bits per heavy atom. The normalized spacial score (nSPS) is 20.4. The Kier molecular flexibility index (Phi) is 8.43. The lowest BCUT2D eigenvalue weighted by Gasteiger charge is -2.31. The minimum atomic E-state index is -0.903. The number of aldehydes is 1. The molecule has 1 aliphatic heterocycles. The Bertz CT molecular complexity index is 1640. The second-order valence-electron chi connectivity index (χ2n) is 12.5. The number of pyridine rings is 2. The molecular weight excluding hydrogens is 563 g/mol. The summed E-state index contributed by atoms with van der Waals surface area (Å²) in [7, 11) is 3.32. The van der Waals surface area contributed by atoms with Gasteiger partial charge < -0.3 is 24.2 Å². The first-order valence-electron chi connectivity index (χ1n) is 15.7. The molecule has 2 unspecified atom stereocenters. The number of fused-ring (bicyclic) bond motifs is 5. The Balaban J connectivity index is 1.53. The van der Waals surface area contributed by atoms with Gasteiger partial charge in [-0.2, -0.15) is 0 Å². The van der Waals surface area contributed by atoms with Crippen LogP contribution in [0.25, 0.3) is 17.5 Å². The highest BCUT2D eigenvalue weighted by Crippen LogP contribution is 2.46. The van der Waals surface area contributed by atoms with Gasteiger partial charge in [0.1, 0.15) is 17.7 Å². The van der Waals surface area contributed by atoms with E-state index >= 15 is 4.39 Å². The molecule has 1 amide bonds. The molecule has 1 saturated carbocycles. The summed E-state index contributed by atoms with van der Waals surface area (Å²) in [6, 6.07) is 1.51. The number of methoxy groups -OCH3 is 1. The molecule has 1 fully saturated rings. The first-order valence-corrected chi connectivity index (χ1v) is 15.7. The molecule has 3 aliphatic carbocycles. The molecule has 2 N–H and O–H groups in total. The van der Waals surface area contributed by atoms with E-state index in [4.69, 9.17) is 14.5 Å². The number of allylic oxidation sites excluding steroid dienone is 3. The molecule has 0 saturated heterocycles. The zero-order valence-electron chi connectivity index (χ0n) is 26.0. The van der Waals surface area contributed by atoms with Gasteiger partial charge in [0, 0.05) is 30.2 Å². The predicted octanol–water partition coefficient (Wildman–Crippen LogP) is 4.75. The van der Waals surface area contributed by atoms with E-state index in [-0.39, 0.29) is 43.2 Å². The topological polar surface area (TPSA) is 112 Å². The molecule has 9 nitrogen and oxygen atoms in total. The van der Waals surface area contributed by atoms with Gasteiger partial charge in [0.25, 0.3) is 11.5 Å². The lowest BCUT2D eigenvalue weighted by molar-refractivity contribution is -0.148. The Morgan fingerprint density at radius 3 is 2.75 bits per heavy atom. The monoisotopic (exact) mass is 604 g/mol. The van der Waals surface area contributed by atoms with Crippen molar-refractivity contribution >= 4 is 18.3 Å². The average molecular weight is 605 g/mol. The SMILES string of the molecule is CCC(C=O)c1cc2n(c(=O)c1COC)Cc1c-2nc2c3c1C(NC(=O)C1(OCNC)CCCC1)CCC(=C(C)C(F)=C2)C3. The van der Waals surface area contributed by atoms with E-state index in [1.54, 1.807) is 18.5 Å². The standard InChI is InChI=1S/C34H41FN4O5/c1-5-20(16-40)22-13-29-31-24(15-39(29)32(41)25(22)17-43-4)30-23-12-21(19(2)26(35)14-28(23)37-31)8-9-27(30)38-33(42)34(44-18-36-3)10-6-7-11-34/h13-14,16,20,27,36H,5-12,15,17-18H2,1-4H3,(H,38,42). The Hall–Kier alpha value is -3.47. The number of carbonyl (C=O) groups excluding carboxylic acids is 2. The number of hydrogen-bond donors (Lipinski definition) is 2. The van der Waals surface area contributed by atoms with Crippen molar-refractivity contribution in [3.8, 4) is 11.4 Å². The van der Waals surface area contributed by atoms with Crippen molar-refractivity contribution < 1.29 is 23.5 Å². The molecule has 2 aromatic heterocycles. The maximum absolute atomic E-state index is 15.5. The number of rotatable bonds is 10. The lowest BCUT2D eigenvalue weighted by atomic mass is 9.90. The third-order valence-corrected chi connectivity index (χ3v) is 10.0. The number of ether oxygens (including phenoxy) is 2. The molecule has 2 atom stereocenters. The molecule has 6 rings (SSSR count).